The van der Waals surface area contributed by atoms with Gasteiger partial charge in [-0.3, -0.25) is 4.90 Å². The molecule has 1 aliphatic carbocycles. The van der Waals surface area contributed by atoms with Crippen LogP contribution in [0.3, 0.4) is 0 Å². The van der Waals surface area contributed by atoms with Crippen molar-refractivity contribution in [2.24, 2.45) is 11.8 Å². The standard InChI is InChI=1S/C19H28N2O2/c1-19(2,3)23-18(22)20-17-10-9-15-12-21(13-16(15)17)11-14-7-5-4-6-8-14/h4-8,15-17H,9-13H2,1-3H3,(H,20,22). The predicted octanol–water partition coefficient (Wildman–Crippen LogP) is 3.42. The number of hydrogen-bond donors (Lipinski definition) is 1. The fourth-order valence-electron chi connectivity index (χ4n) is 3.97. The average molecular weight is 316 g/mol. The van der Waals surface area contributed by atoms with Gasteiger partial charge < -0.3 is 10.1 Å². The summed E-state index contributed by atoms with van der Waals surface area (Å²) in [4.78, 5) is 14.6. The fraction of sp³-hybridized carbons (Fsp3) is 0.632. The number of ether oxygens (including phenoxy) is 1. The first-order valence-electron chi connectivity index (χ1n) is 8.66. The van der Waals surface area contributed by atoms with Crippen molar-refractivity contribution in [3.63, 3.8) is 0 Å². The molecule has 0 spiro atoms. The van der Waals surface area contributed by atoms with E-state index in [1.807, 2.05) is 20.8 Å². The molecule has 1 saturated carbocycles. The van der Waals surface area contributed by atoms with E-state index >= 15 is 0 Å². The number of rotatable bonds is 3. The van der Waals surface area contributed by atoms with E-state index < -0.39 is 5.60 Å². The summed E-state index contributed by atoms with van der Waals surface area (Å²) >= 11 is 0. The summed E-state index contributed by atoms with van der Waals surface area (Å²) in [5.74, 6) is 1.27. The van der Waals surface area contributed by atoms with Gasteiger partial charge in [-0.1, -0.05) is 30.3 Å². The summed E-state index contributed by atoms with van der Waals surface area (Å²) in [6.07, 6.45) is 2.01. The number of carbonyl (C=O) groups excluding carboxylic acids is 1. The molecule has 4 nitrogen and oxygen atoms in total. The van der Waals surface area contributed by atoms with Crippen LogP contribution in [0.4, 0.5) is 4.79 Å². The van der Waals surface area contributed by atoms with E-state index in [1.165, 1.54) is 12.0 Å². The maximum Gasteiger partial charge on any atom is 0.407 e. The Morgan fingerprint density at radius 2 is 1.96 bits per heavy atom. The second kappa shape index (κ2) is 6.52. The van der Waals surface area contributed by atoms with Gasteiger partial charge in [-0.2, -0.15) is 0 Å². The van der Waals surface area contributed by atoms with E-state index in [0.29, 0.717) is 11.8 Å². The Morgan fingerprint density at radius 3 is 2.65 bits per heavy atom. The Balaban J connectivity index is 1.53. The summed E-state index contributed by atoms with van der Waals surface area (Å²) < 4.78 is 5.41. The van der Waals surface area contributed by atoms with Gasteiger partial charge in [0, 0.05) is 25.7 Å². The lowest BCUT2D eigenvalue weighted by atomic mass is 9.98. The maximum absolute atomic E-state index is 12.0. The van der Waals surface area contributed by atoms with E-state index in [0.717, 1.165) is 26.1 Å². The second-order valence-corrected chi connectivity index (χ2v) is 7.93. The maximum atomic E-state index is 12.0. The number of alkyl carbamates (subject to hydrolysis) is 1. The smallest absolute Gasteiger partial charge is 0.407 e. The summed E-state index contributed by atoms with van der Waals surface area (Å²) in [5, 5.41) is 3.10. The molecular formula is C19H28N2O2. The minimum atomic E-state index is -0.433. The Hall–Kier alpha value is -1.55. The number of likely N-dealkylation sites (tertiary alicyclic amines) is 1. The first-order valence-corrected chi connectivity index (χ1v) is 8.66. The topological polar surface area (TPSA) is 41.6 Å². The lowest BCUT2D eigenvalue weighted by Gasteiger charge is -2.25. The fourth-order valence-corrected chi connectivity index (χ4v) is 3.97. The number of hydrogen-bond acceptors (Lipinski definition) is 3. The Bertz CT molecular complexity index is 538. The highest BCUT2D eigenvalue weighted by Crippen LogP contribution is 2.38. The number of amides is 1. The molecule has 2 fully saturated rings. The van der Waals surface area contributed by atoms with Gasteiger partial charge in [-0.05, 0) is 51.0 Å². The summed E-state index contributed by atoms with van der Waals surface area (Å²) in [7, 11) is 0. The Kier molecular flexibility index (Phi) is 4.62. The minimum absolute atomic E-state index is 0.260. The van der Waals surface area contributed by atoms with E-state index in [1.54, 1.807) is 0 Å². The van der Waals surface area contributed by atoms with Crippen molar-refractivity contribution in [2.45, 2.75) is 51.8 Å². The molecule has 1 amide bonds. The molecular weight excluding hydrogens is 288 g/mol. The lowest BCUT2D eigenvalue weighted by Crippen LogP contribution is -2.42. The normalized spacial score (nSPS) is 27.7. The van der Waals surface area contributed by atoms with Gasteiger partial charge in [0.1, 0.15) is 5.60 Å². The third-order valence-electron chi connectivity index (χ3n) is 4.88. The molecule has 23 heavy (non-hydrogen) atoms. The molecule has 126 valence electrons. The quantitative estimate of drug-likeness (QED) is 0.929. The number of fused-ring (bicyclic) bond motifs is 1. The number of carbonyl (C=O) groups is 1. The third kappa shape index (κ3) is 4.25. The molecule has 1 aromatic carbocycles. The Morgan fingerprint density at radius 1 is 1.22 bits per heavy atom. The van der Waals surface area contributed by atoms with Crippen molar-refractivity contribution in [1.82, 2.24) is 10.2 Å². The Labute approximate surface area is 139 Å². The molecule has 0 radical (unpaired) electrons. The van der Waals surface area contributed by atoms with Crippen LogP contribution in [0.15, 0.2) is 30.3 Å². The van der Waals surface area contributed by atoms with E-state index in [2.05, 4.69) is 40.5 Å². The first kappa shape index (κ1) is 16.3. The molecule has 1 heterocycles. The minimum Gasteiger partial charge on any atom is -0.444 e. The number of benzene rings is 1. The average Bonchev–Trinajstić information content (AvgIpc) is 3.00. The van der Waals surface area contributed by atoms with Crippen LogP contribution in [-0.2, 0) is 11.3 Å². The summed E-state index contributed by atoms with van der Waals surface area (Å²) in [5.41, 5.74) is 0.932. The van der Waals surface area contributed by atoms with Gasteiger partial charge >= 0.3 is 6.09 Å². The molecule has 4 heteroatoms. The van der Waals surface area contributed by atoms with Gasteiger partial charge in [0.2, 0.25) is 0 Å². The number of nitrogens with one attached hydrogen (secondary N) is 1. The zero-order chi connectivity index (χ0) is 16.4. The van der Waals surface area contributed by atoms with Crippen molar-refractivity contribution in [3.05, 3.63) is 35.9 Å². The zero-order valence-corrected chi connectivity index (χ0v) is 14.4. The molecule has 1 N–H and O–H groups in total. The van der Waals surface area contributed by atoms with E-state index in [-0.39, 0.29) is 12.1 Å². The summed E-state index contributed by atoms with van der Waals surface area (Å²) in [6, 6.07) is 10.9. The largest absolute Gasteiger partial charge is 0.444 e. The predicted molar refractivity (Wildman–Crippen MR) is 91.1 cm³/mol. The molecule has 3 rings (SSSR count). The van der Waals surface area contributed by atoms with Gasteiger partial charge in [-0.15, -0.1) is 0 Å². The number of nitrogens with zero attached hydrogens (tertiary/aromatic N) is 1. The van der Waals surface area contributed by atoms with Crippen LogP contribution in [0.2, 0.25) is 0 Å². The highest BCUT2D eigenvalue weighted by molar-refractivity contribution is 5.68. The third-order valence-corrected chi connectivity index (χ3v) is 4.88. The monoisotopic (exact) mass is 316 g/mol. The van der Waals surface area contributed by atoms with Gasteiger partial charge in [-0.25, -0.2) is 4.79 Å². The van der Waals surface area contributed by atoms with Crippen molar-refractivity contribution in [2.75, 3.05) is 13.1 Å². The SMILES string of the molecule is CC(C)(C)OC(=O)NC1CCC2CN(Cc3ccccc3)CC21. The molecule has 0 aromatic heterocycles. The van der Waals surface area contributed by atoms with Crippen LogP contribution < -0.4 is 5.32 Å². The molecule has 1 aliphatic heterocycles. The molecule has 1 aromatic rings. The zero-order valence-electron chi connectivity index (χ0n) is 14.4. The van der Waals surface area contributed by atoms with Crippen LogP contribution in [0.25, 0.3) is 0 Å². The molecule has 3 atom stereocenters. The summed E-state index contributed by atoms with van der Waals surface area (Å²) in [6.45, 7) is 8.93. The first-order chi connectivity index (χ1) is 10.9. The van der Waals surface area contributed by atoms with Crippen LogP contribution in [0.1, 0.15) is 39.2 Å². The van der Waals surface area contributed by atoms with Gasteiger partial charge in [0.15, 0.2) is 0 Å². The van der Waals surface area contributed by atoms with E-state index in [4.69, 9.17) is 4.74 Å². The van der Waals surface area contributed by atoms with E-state index in [9.17, 15) is 4.79 Å². The van der Waals surface area contributed by atoms with Gasteiger partial charge in [0.25, 0.3) is 0 Å². The van der Waals surface area contributed by atoms with Crippen molar-refractivity contribution >= 4 is 6.09 Å². The highest BCUT2D eigenvalue weighted by Gasteiger charge is 2.43. The van der Waals surface area contributed by atoms with Crippen LogP contribution in [0, 0.1) is 11.8 Å². The van der Waals surface area contributed by atoms with Crippen molar-refractivity contribution in [3.8, 4) is 0 Å². The lowest BCUT2D eigenvalue weighted by molar-refractivity contribution is 0.0491. The van der Waals surface area contributed by atoms with Crippen LogP contribution in [0.5, 0.6) is 0 Å². The second-order valence-electron chi connectivity index (χ2n) is 7.93. The van der Waals surface area contributed by atoms with Crippen LogP contribution >= 0.6 is 0 Å². The molecule has 2 aliphatic rings. The van der Waals surface area contributed by atoms with Crippen LogP contribution in [-0.4, -0.2) is 35.7 Å². The highest BCUT2D eigenvalue weighted by atomic mass is 16.6. The molecule has 0 bridgehead atoms. The molecule has 3 unspecified atom stereocenters. The van der Waals surface area contributed by atoms with Crippen molar-refractivity contribution in [1.29, 1.82) is 0 Å². The van der Waals surface area contributed by atoms with Gasteiger partial charge in [0.05, 0.1) is 0 Å². The molecule has 1 saturated heterocycles. The van der Waals surface area contributed by atoms with Crippen molar-refractivity contribution < 1.29 is 9.53 Å².